The average molecular weight is 147 g/mol. The van der Waals surface area contributed by atoms with E-state index < -0.39 is 0 Å². The molecule has 1 heterocycles. The van der Waals surface area contributed by atoms with E-state index in [2.05, 4.69) is 4.37 Å². The average Bonchev–Trinajstić information content (AvgIpc) is 2.14. The van der Waals surface area contributed by atoms with Gasteiger partial charge < -0.3 is 0 Å². The molecule has 1 aromatic rings. The molecule has 0 aliphatic heterocycles. The fourth-order valence-electron chi connectivity index (χ4n) is 0.421. The van der Waals surface area contributed by atoms with Crippen molar-refractivity contribution in [1.29, 1.82) is 0 Å². The number of hydrogen-bond donors (Lipinski definition) is 0. The lowest BCUT2D eigenvalue weighted by Crippen LogP contribution is -1.67. The van der Waals surface area contributed by atoms with E-state index in [1.165, 1.54) is 11.5 Å². The molecule has 0 saturated heterocycles. The van der Waals surface area contributed by atoms with E-state index in [1.807, 2.05) is 13.3 Å². The van der Waals surface area contributed by atoms with Crippen molar-refractivity contribution in [3.05, 3.63) is 22.5 Å². The summed E-state index contributed by atoms with van der Waals surface area (Å²) in [5, 5.41) is 0. The monoisotopic (exact) mass is 146 g/mol. The molecule has 1 rings (SSSR count). The van der Waals surface area contributed by atoms with Crippen LogP contribution in [-0.2, 0) is 0 Å². The molecule has 0 amide bonds. The third-order valence-corrected chi connectivity index (χ3v) is 1.89. The fourth-order valence-corrected chi connectivity index (χ4v) is 1.23. The Morgan fingerprint density at radius 2 is 2.62 bits per heavy atom. The summed E-state index contributed by atoms with van der Waals surface area (Å²) >= 11 is 6.98. The summed E-state index contributed by atoms with van der Waals surface area (Å²) < 4.78 is 4.64. The van der Waals surface area contributed by atoms with Gasteiger partial charge >= 0.3 is 0 Å². The molecule has 0 N–H and O–H groups in total. The molecule has 1 aromatic heterocycles. The lowest BCUT2D eigenvalue weighted by Gasteiger charge is -1.82. The van der Waals surface area contributed by atoms with Gasteiger partial charge in [0.15, 0.2) is 0 Å². The molecular weight excluding hydrogens is 142 g/mol. The van der Waals surface area contributed by atoms with Gasteiger partial charge in [-0.25, -0.2) is 0 Å². The highest BCUT2D eigenvalue weighted by atomic mass is 35.5. The van der Waals surface area contributed by atoms with Gasteiger partial charge in [0.2, 0.25) is 0 Å². The van der Waals surface area contributed by atoms with Crippen molar-refractivity contribution in [1.82, 2.24) is 4.37 Å². The topological polar surface area (TPSA) is 12.9 Å². The van der Waals surface area contributed by atoms with Crippen molar-refractivity contribution in [2.45, 2.75) is 6.92 Å². The van der Waals surface area contributed by atoms with Crippen LogP contribution in [0.3, 0.4) is 0 Å². The number of rotatable bonds is 1. The van der Waals surface area contributed by atoms with E-state index >= 15 is 0 Å². The Bertz CT molecular complexity index is 173. The summed E-state index contributed by atoms with van der Waals surface area (Å²) in [6.07, 6.45) is 3.69. The van der Waals surface area contributed by atoms with Gasteiger partial charge in [0.25, 0.3) is 0 Å². The zero-order valence-corrected chi connectivity index (χ0v) is 5.96. The maximum absolute atomic E-state index is 5.66. The zero-order valence-electron chi connectivity index (χ0n) is 4.39. The van der Waals surface area contributed by atoms with Gasteiger partial charge in [0, 0.05) is 11.8 Å². The van der Waals surface area contributed by atoms with E-state index in [0.29, 0.717) is 0 Å². The van der Waals surface area contributed by atoms with Crippen molar-refractivity contribution in [2.24, 2.45) is 0 Å². The SMILES string of the molecule is C[CH]c1cnsc1Cl. The maximum Gasteiger partial charge on any atom is 0.117 e. The summed E-state index contributed by atoms with van der Waals surface area (Å²) in [5.74, 6) is 0. The molecule has 43 valence electrons. The Balaban J connectivity index is 2.92. The van der Waals surface area contributed by atoms with Crippen molar-refractivity contribution in [2.75, 3.05) is 0 Å². The molecular formula is C5H5ClNS. The number of halogens is 1. The Hall–Kier alpha value is -0.0800. The molecule has 0 aromatic carbocycles. The predicted molar refractivity (Wildman–Crippen MR) is 36.2 cm³/mol. The van der Waals surface area contributed by atoms with Crippen LogP contribution in [0.15, 0.2) is 6.20 Å². The largest absolute Gasteiger partial charge is 0.199 e. The molecule has 0 bridgehead atoms. The molecule has 0 spiro atoms. The second kappa shape index (κ2) is 2.46. The molecule has 1 radical (unpaired) electrons. The van der Waals surface area contributed by atoms with E-state index in [1.54, 1.807) is 6.20 Å². The van der Waals surface area contributed by atoms with Gasteiger partial charge in [-0.15, -0.1) is 0 Å². The minimum atomic E-state index is 0.771. The Labute approximate surface area is 57.5 Å². The van der Waals surface area contributed by atoms with Crippen LogP contribution in [-0.4, -0.2) is 4.37 Å². The predicted octanol–water partition coefficient (Wildman–Crippen LogP) is 2.37. The van der Waals surface area contributed by atoms with Crippen LogP contribution in [0, 0.1) is 6.42 Å². The smallest absolute Gasteiger partial charge is 0.117 e. The van der Waals surface area contributed by atoms with Crippen LogP contribution in [0.25, 0.3) is 0 Å². The number of hydrogen-bond acceptors (Lipinski definition) is 2. The van der Waals surface area contributed by atoms with Gasteiger partial charge in [-0.3, -0.25) is 0 Å². The van der Waals surface area contributed by atoms with Crippen LogP contribution >= 0.6 is 23.1 Å². The van der Waals surface area contributed by atoms with Crippen molar-refractivity contribution >= 4 is 23.1 Å². The van der Waals surface area contributed by atoms with Crippen molar-refractivity contribution in [3.8, 4) is 0 Å². The van der Waals surface area contributed by atoms with Gasteiger partial charge in [0.1, 0.15) is 4.34 Å². The standard InChI is InChI=1S/C5H5ClNS/c1-2-4-3-7-8-5(4)6/h2-3H,1H3. The summed E-state index contributed by atoms with van der Waals surface area (Å²) in [6.45, 7) is 1.94. The highest BCUT2D eigenvalue weighted by Gasteiger charge is 1.97. The second-order valence-electron chi connectivity index (χ2n) is 1.34. The molecule has 0 atom stereocenters. The van der Waals surface area contributed by atoms with Gasteiger partial charge in [0.05, 0.1) is 0 Å². The van der Waals surface area contributed by atoms with E-state index in [4.69, 9.17) is 11.6 Å². The lowest BCUT2D eigenvalue weighted by molar-refractivity contribution is 1.42. The quantitative estimate of drug-likeness (QED) is 0.593. The van der Waals surface area contributed by atoms with E-state index in [0.717, 1.165) is 9.90 Å². The highest BCUT2D eigenvalue weighted by Crippen LogP contribution is 2.20. The summed E-state index contributed by atoms with van der Waals surface area (Å²) in [6, 6.07) is 0. The Morgan fingerprint density at radius 1 is 1.88 bits per heavy atom. The fraction of sp³-hybridized carbons (Fsp3) is 0.200. The highest BCUT2D eigenvalue weighted by molar-refractivity contribution is 7.10. The molecule has 0 saturated carbocycles. The Morgan fingerprint density at radius 3 is 2.88 bits per heavy atom. The first-order chi connectivity index (χ1) is 3.84. The van der Waals surface area contributed by atoms with Gasteiger partial charge in [-0.2, -0.15) is 4.37 Å². The third-order valence-electron chi connectivity index (χ3n) is 0.863. The Kier molecular flexibility index (Phi) is 1.86. The first kappa shape index (κ1) is 6.05. The van der Waals surface area contributed by atoms with Crippen LogP contribution in [0.4, 0.5) is 0 Å². The van der Waals surface area contributed by atoms with Crippen molar-refractivity contribution < 1.29 is 0 Å². The minimum Gasteiger partial charge on any atom is -0.199 e. The first-order valence-corrected chi connectivity index (χ1v) is 3.39. The molecule has 8 heavy (non-hydrogen) atoms. The molecule has 0 unspecified atom stereocenters. The third kappa shape index (κ3) is 1.01. The van der Waals surface area contributed by atoms with Gasteiger partial charge in [-0.1, -0.05) is 18.5 Å². The van der Waals surface area contributed by atoms with Crippen LogP contribution in [0.1, 0.15) is 12.5 Å². The molecule has 1 nitrogen and oxygen atoms in total. The first-order valence-electron chi connectivity index (χ1n) is 2.24. The number of aromatic nitrogens is 1. The second-order valence-corrected chi connectivity index (χ2v) is 2.75. The van der Waals surface area contributed by atoms with Crippen LogP contribution in [0.2, 0.25) is 4.34 Å². The van der Waals surface area contributed by atoms with Gasteiger partial charge in [-0.05, 0) is 18.0 Å². The lowest BCUT2D eigenvalue weighted by atomic mass is 10.3. The van der Waals surface area contributed by atoms with E-state index in [-0.39, 0.29) is 0 Å². The summed E-state index contributed by atoms with van der Waals surface area (Å²) in [7, 11) is 0. The number of nitrogens with zero attached hydrogens (tertiary/aromatic N) is 1. The summed E-state index contributed by atoms with van der Waals surface area (Å²) in [5.41, 5.74) is 1.02. The molecule has 0 fully saturated rings. The summed E-state index contributed by atoms with van der Waals surface area (Å²) in [4.78, 5) is 0. The minimum absolute atomic E-state index is 0.771. The molecule has 0 aliphatic rings. The normalized spacial score (nSPS) is 9.75. The maximum atomic E-state index is 5.66. The van der Waals surface area contributed by atoms with Crippen molar-refractivity contribution in [3.63, 3.8) is 0 Å². The molecule has 3 heteroatoms. The van der Waals surface area contributed by atoms with Crippen LogP contribution < -0.4 is 0 Å². The zero-order chi connectivity index (χ0) is 5.98. The van der Waals surface area contributed by atoms with Crippen LogP contribution in [0.5, 0.6) is 0 Å². The molecule has 0 aliphatic carbocycles. The van der Waals surface area contributed by atoms with E-state index in [9.17, 15) is 0 Å².